The molecule has 10 heteroatoms. The molecule has 1 aromatic carbocycles. The Balaban J connectivity index is 2.02. The maximum absolute atomic E-state index is 12.1. The predicted molar refractivity (Wildman–Crippen MR) is 92.5 cm³/mol. The van der Waals surface area contributed by atoms with Crippen LogP contribution in [0.25, 0.3) is 0 Å². The summed E-state index contributed by atoms with van der Waals surface area (Å²) >= 11 is 6.34. The van der Waals surface area contributed by atoms with Crippen LogP contribution in [0.3, 0.4) is 0 Å². The summed E-state index contributed by atoms with van der Waals surface area (Å²) < 4.78 is 26.5. The molecule has 23 heavy (non-hydrogen) atoms. The van der Waals surface area contributed by atoms with Gasteiger partial charge in [-0.25, -0.2) is 13.2 Å². The fourth-order valence-corrected chi connectivity index (χ4v) is 3.76. The number of benzene rings is 1. The van der Waals surface area contributed by atoms with E-state index < -0.39 is 16.1 Å². The number of amides is 2. The van der Waals surface area contributed by atoms with Crippen molar-refractivity contribution >= 4 is 44.6 Å². The van der Waals surface area contributed by atoms with Gasteiger partial charge in [0.15, 0.2) is 3.95 Å². The number of anilines is 1. The first-order valence-corrected chi connectivity index (χ1v) is 9.23. The molecule has 2 rings (SSSR count). The van der Waals surface area contributed by atoms with Gasteiger partial charge in [-0.05, 0) is 38.2 Å². The molecule has 0 spiro atoms. The fourth-order valence-electron chi connectivity index (χ4n) is 1.66. The first-order valence-electron chi connectivity index (χ1n) is 6.52. The van der Waals surface area contributed by atoms with E-state index in [-0.39, 0.29) is 4.90 Å². The summed E-state index contributed by atoms with van der Waals surface area (Å²) in [5, 5.41) is 3.12. The van der Waals surface area contributed by atoms with Crippen molar-refractivity contribution in [3.8, 4) is 0 Å². The summed E-state index contributed by atoms with van der Waals surface area (Å²) in [7, 11) is -2.03. The summed E-state index contributed by atoms with van der Waals surface area (Å²) in [6.07, 6.45) is 0. The monoisotopic (exact) mass is 372 g/mol. The van der Waals surface area contributed by atoms with E-state index in [0.717, 1.165) is 11.3 Å². The number of nitrogens with one attached hydrogen (secondary N) is 3. The van der Waals surface area contributed by atoms with Crippen molar-refractivity contribution < 1.29 is 13.2 Å². The van der Waals surface area contributed by atoms with Crippen LogP contribution >= 0.6 is 23.6 Å². The summed E-state index contributed by atoms with van der Waals surface area (Å²) in [4.78, 5) is 13.9. The Morgan fingerprint density at radius 2 is 1.83 bits per heavy atom. The predicted octanol–water partition coefficient (Wildman–Crippen LogP) is 2.45. The van der Waals surface area contributed by atoms with Gasteiger partial charge in [0, 0.05) is 7.05 Å². The molecule has 0 aliphatic carbocycles. The number of nitrogens with zero attached hydrogens (tertiary/aromatic N) is 1. The summed E-state index contributed by atoms with van der Waals surface area (Å²) in [5.74, 6) is 0. The quantitative estimate of drug-likeness (QED) is 0.568. The minimum Gasteiger partial charge on any atom is -0.328 e. The smallest absolute Gasteiger partial charge is 0.328 e. The first-order chi connectivity index (χ1) is 10.7. The molecule has 1 heterocycles. The molecule has 7 nitrogen and oxygen atoms in total. The largest absolute Gasteiger partial charge is 0.335 e. The van der Waals surface area contributed by atoms with E-state index >= 15 is 0 Å². The molecule has 0 fully saturated rings. The van der Waals surface area contributed by atoms with Gasteiger partial charge in [0.2, 0.25) is 0 Å². The highest BCUT2D eigenvalue weighted by Crippen LogP contribution is 2.23. The molecule has 2 amide bonds. The second-order valence-electron chi connectivity index (χ2n) is 4.84. The first kappa shape index (κ1) is 17.6. The molecule has 1 aromatic heterocycles. The number of carbonyl (C=O) groups is 1. The van der Waals surface area contributed by atoms with Crippen LogP contribution in [0, 0.1) is 17.8 Å². The standard InChI is InChI=1S/C13H16N4O3S3/c1-8-4-6-10(7-5-8)23(19,20)16-15-12(18)14-11-9(2)17(3)13(21)22-11/h4-7,16H,1-3H3,(H2,14,15,18). The van der Waals surface area contributed by atoms with Gasteiger partial charge in [-0.3, -0.25) is 10.7 Å². The van der Waals surface area contributed by atoms with Crippen molar-refractivity contribution in [1.29, 1.82) is 0 Å². The second-order valence-corrected chi connectivity index (χ2v) is 8.17. The number of rotatable bonds is 4. The molecule has 0 bridgehead atoms. The zero-order chi connectivity index (χ0) is 17.2. The molecule has 0 radical (unpaired) electrons. The lowest BCUT2D eigenvalue weighted by atomic mass is 10.2. The van der Waals surface area contributed by atoms with Crippen LogP contribution in [0.15, 0.2) is 29.2 Å². The van der Waals surface area contributed by atoms with E-state index in [1.165, 1.54) is 23.5 Å². The SMILES string of the molecule is Cc1ccc(S(=O)(=O)NNC(=O)Nc2sc(=S)n(C)c2C)cc1. The molecule has 0 aliphatic heterocycles. The summed E-state index contributed by atoms with van der Waals surface area (Å²) in [6, 6.07) is 5.58. The molecule has 3 N–H and O–H groups in total. The van der Waals surface area contributed by atoms with E-state index in [9.17, 15) is 13.2 Å². The molecular formula is C13H16N4O3S3. The number of aryl methyl sites for hydroxylation is 1. The van der Waals surface area contributed by atoms with Crippen LogP contribution in [-0.2, 0) is 17.1 Å². The molecule has 0 atom stereocenters. The van der Waals surface area contributed by atoms with Crippen LogP contribution in [0.4, 0.5) is 9.80 Å². The Bertz CT molecular complexity index is 882. The molecule has 0 aliphatic rings. The summed E-state index contributed by atoms with van der Waals surface area (Å²) in [6.45, 7) is 3.66. The number of carbonyl (C=O) groups excluding carboxylic acids is 1. The highest BCUT2D eigenvalue weighted by atomic mass is 32.2. The fraction of sp³-hybridized carbons (Fsp3) is 0.231. The third-order valence-corrected chi connectivity index (χ3v) is 5.99. The van der Waals surface area contributed by atoms with Crippen molar-refractivity contribution in [2.45, 2.75) is 18.7 Å². The van der Waals surface area contributed by atoms with Crippen molar-refractivity contribution in [3.63, 3.8) is 0 Å². The highest BCUT2D eigenvalue weighted by Gasteiger charge is 2.15. The van der Waals surface area contributed by atoms with E-state index in [1.54, 1.807) is 30.7 Å². The molecular weight excluding hydrogens is 356 g/mol. The minimum absolute atomic E-state index is 0.0648. The average molecular weight is 372 g/mol. The number of hydrogen-bond donors (Lipinski definition) is 3. The van der Waals surface area contributed by atoms with Gasteiger partial charge in [0.05, 0.1) is 10.6 Å². The van der Waals surface area contributed by atoms with Gasteiger partial charge in [0.25, 0.3) is 10.0 Å². The number of sulfonamides is 1. The maximum Gasteiger partial charge on any atom is 0.335 e. The normalized spacial score (nSPS) is 11.3. The zero-order valence-corrected chi connectivity index (χ0v) is 15.2. The van der Waals surface area contributed by atoms with Gasteiger partial charge in [-0.1, -0.05) is 29.0 Å². The Hall–Kier alpha value is -1.75. The number of hydrogen-bond acceptors (Lipinski definition) is 5. The van der Waals surface area contributed by atoms with E-state index in [2.05, 4.69) is 10.7 Å². The Morgan fingerprint density at radius 1 is 1.22 bits per heavy atom. The van der Waals surface area contributed by atoms with Gasteiger partial charge in [-0.15, -0.1) is 4.83 Å². The third kappa shape index (κ3) is 4.16. The van der Waals surface area contributed by atoms with Crippen molar-refractivity contribution in [2.24, 2.45) is 7.05 Å². The number of hydrazine groups is 1. The molecule has 0 saturated carbocycles. The van der Waals surface area contributed by atoms with Gasteiger partial charge >= 0.3 is 6.03 Å². The molecule has 0 saturated heterocycles. The van der Waals surface area contributed by atoms with Crippen LogP contribution in [0.1, 0.15) is 11.3 Å². The third-order valence-electron chi connectivity index (χ3n) is 3.15. The Kier molecular flexibility index (Phi) is 5.19. The number of thiazole rings is 1. The Labute approximate surface area is 143 Å². The van der Waals surface area contributed by atoms with Crippen molar-refractivity contribution in [1.82, 2.24) is 14.8 Å². The van der Waals surface area contributed by atoms with Gasteiger partial charge < -0.3 is 4.57 Å². The lowest BCUT2D eigenvalue weighted by molar-refractivity contribution is 0.250. The van der Waals surface area contributed by atoms with E-state index in [1.807, 2.05) is 11.8 Å². The molecule has 124 valence electrons. The topological polar surface area (TPSA) is 92.2 Å². The number of aromatic nitrogens is 1. The Morgan fingerprint density at radius 3 is 2.35 bits per heavy atom. The average Bonchev–Trinajstić information content (AvgIpc) is 2.73. The van der Waals surface area contributed by atoms with E-state index in [0.29, 0.717) is 8.96 Å². The van der Waals surface area contributed by atoms with Crippen molar-refractivity contribution in [3.05, 3.63) is 39.5 Å². The van der Waals surface area contributed by atoms with Crippen LogP contribution < -0.4 is 15.6 Å². The van der Waals surface area contributed by atoms with Crippen LogP contribution in [-0.4, -0.2) is 19.0 Å². The lowest BCUT2D eigenvalue weighted by Gasteiger charge is -2.09. The maximum atomic E-state index is 12.1. The minimum atomic E-state index is -3.82. The molecule has 0 unspecified atom stereocenters. The van der Waals surface area contributed by atoms with E-state index in [4.69, 9.17) is 12.2 Å². The molecule has 2 aromatic rings. The lowest BCUT2D eigenvalue weighted by Crippen LogP contribution is -2.43. The second kappa shape index (κ2) is 6.79. The van der Waals surface area contributed by atoms with Gasteiger partial charge in [0.1, 0.15) is 5.00 Å². The highest BCUT2D eigenvalue weighted by molar-refractivity contribution is 7.89. The van der Waals surface area contributed by atoms with Crippen LogP contribution in [0.2, 0.25) is 0 Å². The zero-order valence-electron chi connectivity index (χ0n) is 12.7. The number of urea groups is 1. The van der Waals surface area contributed by atoms with Crippen molar-refractivity contribution in [2.75, 3.05) is 5.32 Å². The summed E-state index contributed by atoms with van der Waals surface area (Å²) in [5.41, 5.74) is 3.84. The van der Waals surface area contributed by atoms with Crippen LogP contribution in [0.5, 0.6) is 0 Å². The van der Waals surface area contributed by atoms with Gasteiger partial charge in [-0.2, -0.15) is 0 Å².